The van der Waals surface area contributed by atoms with Crippen LogP contribution in [0.1, 0.15) is 38.3 Å². The van der Waals surface area contributed by atoms with E-state index in [0.29, 0.717) is 5.88 Å². The van der Waals surface area contributed by atoms with Gasteiger partial charge in [-0.3, -0.25) is 0 Å². The van der Waals surface area contributed by atoms with Crippen LogP contribution in [-0.2, 0) is 11.6 Å². The van der Waals surface area contributed by atoms with Gasteiger partial charge in [-0.15, -0.1) is 11.6 Å². The molecule has 0 fully saturated rings. The van der Waals surface area contributed by atoms with Gasteiger partial charge < -0.3 is 4.90 Å². The summed E-state index contributed by atoms with van der Waals surface area (Å²) in [5.74, 6) is 0.622. The van der Waals surface area contributed by atoms with Gasteiger partial charge in [-0.2, -0.15) is 13.2 Å². The molecule has 0 N–H and O–H groups in total. The van der Waals surface area contributed by atoms with Crippen molar-refractivity contribution in [1.29, 1.82) is 0 Å². The molecule has 0 aliphatic heterocycles. The van der Waals surface area contributed by atoms with Crippen LogP contribution in [0, 0.1) is 0 Å². The first-order chi connectivity index (χ1) is 9.70. The summed E-state index contributed by atoms with van der Waals surface area (Å²) < 4.78 is 37.8. The maximum Gasteiger partial charge on any atom is 0.416 e. The molecule has 0 aliphatic rings. The van der Waals surface area contributed by atoms with Gasteiger partial charge in [-0.05, 0) is 37.2 Å². The zero-order valence-electron chi connectivity index (χ0n) is 12.8. The summed E-state index contributed by atoms with van der Waals surface area (Å²) >= 11 is 5.72. The average Bonchev–Trinajstić information content (AvgIpc) is 2.42. The van der Waals surface area contributed by atoms with Crippen LogP contribution in [0.5, 0.6) is 0 Å². The van der Waals surface area contributed by atoms with Gasteiger partial charge in [-0.1, -0.05) is 32.9 Å². The zero-order chi connectivity index (χ0) is 16.1. The van der Waals surface area contributed by atoms with Gasteiger partial charge in [0.2, 0.25) is 0 Å². The largest absolute Gasteiger partial charge is 0.416 e. The Morgan fingerprint density at radius 2 is 1.57 bits per heavy atom. The molecule has 0 aliphatic carbocycles. The van der Waals surface area contributed by atoms with E-state index in [4.69, 9.17) is 11.6 Å². The molecule has 0 bridgehead atoms. The van der Waals surface area contributed by atoms with Crippen molar-refractivity contribution in [2.45, 2.75) is 38.8 Å². The Morgan fingerprint density at radius 3 is 2.00 bits per heavy atom. The molecule has 0 amide bonds. The number of halogens is 4. The third-order valence-electron chi connectivity index (χ3n) is 3.67. The SMILES string of the molecule is CCN(CCCCl)CC(C)(C)c1ccc(C(F)(F)F)cc1. The molecule has 1 aromatic carbocycles. The molecule has 0 heterocycles. The van der Waals surface area contributed by atoms with Crippen LogP contribution in [-0.4, -0.2) is 30.4 Å². The Balaban J connectivity index is 2.81. The highest BCUT2D eigenvalue weighted by atomic mass is 35.5. The number of nitrogens with zero attached hydrogens (tertiary/aromatic N) is 1. The van der Waals surface area contributed by atoms with Gasteiger partial charge in [0.15, 0.2) is 0 Å². The predicted molar refractivity (Wildman–Crippen MR) is 81.9 cm³/mol. The average molecular weight is 322 g/mol. The van der Waals surface area contributed by atoms with Crippen molar-refractivity contribution in [1.82, 2.24) is 4.90 Å². The van der Waals surface area contributed by atoms with Gasteiger partial charge in [0.1, 0.15) is 0 Å². The quantitative estimate of drug-likeness (QED) is 0.643. The van der Waals surface area contributed by atoms with Crippen molar-refractivity contribution in [3.05, 3.63) is 35.4 Å². The van der Waals surface area contributed by atoms with Crippen molar-refractivity contribution in [3.63, 3.8) is 0 Å². The number of rotatable bonds is 7. The van der Waals surface area contributed by atoms with E-state index in [-0.39, 0.29) is 5.41 Å². The van der Waals surface area contributed by atoms with E-state index in [1.807, 2.05) is 0 Å². The molecule has 1 nitrogen and oxygen atoms in total. The standard InChI is InChI=1S/C16H23ClF3N/c1-4-21(11-5-10-17)12-15(2,3)13-6-8-14(9-7-13)16(18,19)20/h6-9H,4-5,10-12H2,1-3H3. The molecular weight excluding hydrogens is 299 g/mol. The Labute approximate surface area is 130 Å². The summed E-state index contributed by atoms with van der Waals surface area (Å²) in [6.45, 7) is 8.80. The fourth-order valence-electron chi connectivity index (χ4n) is 2.39. The fourth-order valence-corrected chi connectivity index (χ4v) is 2.51. The van der Waals surface area contributed by atoms with Gasteiger partial charge in [0, 0.05) is 17.8 Å². The normalized spacial score (nSPS) is 13.0. The lowest BCUT2D eigenvalue weighted by Gasteiger charge is -2.32. The second-order valence-electron chi connectivity index (χ2n) is 5.87. The second-order valence-corrected chi connectivity index (χ2v) is 6.25. The summed E-state index contributed by atoms with van der Waals surface area (Å²) in [4.78, 5) is 2.28. The van der Waals surface area contributed by atoms with Gasteiger partial charge >= 0.3 is 6.18 Å². The molecule has 5 heteroatoms. The summed E-state index contributed by atoms with van der Waals surface area (Å²) in [6.07, 6.45) is -3.36. The van der Waals surface area contributed by atoms with E-state index >= 15 is 0 Å². The maximum atomic E-state index is 12.6. The smallest absolute Gasteiger partial charge is 0.303 e. The van der Waals surface area contributed by atoms with E-state index in [1.54, 1.807) is 12.1 Å². The van der Waals surface area contributed by atoms with Crippen LogP contribution in [0.15, 0.2) is 24.3 Å². The Kier molecular flexibility index (Phi) is 6.54. The number of alkyl halides is 4. The highest BCUT2D eigenvalue weighted by molar-refractivity contribution is 6.17. The molecule has 0 saturated heterocycles. The van der Waals surface area contributed by atoms with E-state index in [0.717, 1.165) is 43.8 Å². The molecule has 0 atom stereocenters. The third-order valence-corrected chi connectivity index (χ3v) is 3.94. The number of benzene rings is 1. The zero-order valence-corrected chi connectivity index (χ0v) is 13.6. The summed E-state index contributed by atoms with van der Waals surface area (Å²) in [5, 5.41) is 0. The fraction of sp³-hybridized carbons (Fsp3) is 0.625. The minimum absolute atomic E-state index is 0.202. The molecule has 21 heavy (non-hydrogen) atoms. The molecule has 0 saturated carbocycles. The number of likely N-dealkylation sites (N-methyl/N-ethyl adjacent to an activating group) is 1. The number of hydrogen-bond donors (Lipinski definition) is 0. The van der Waals surface area contributed by atoms with Crippen LogP contribution in [0.3, 0.4) is 0 Å². The molecule has 120 valence electrons. The monoisotopic (exact) mass is 321 g/mol. The lowest BCUT2D eigenvalue weighted by atomic mass is 9.83. The van der Waals surface area contributed by atoms with Gasteiger partial charge in [0.25, 0.3) is 0 Å². The lowest BCUT2D eigenvalue weighted by Crippen LogP contribution is -2.37. The van der Waals surface area contributed by atoms with Crippen LogP contribution in [0.25, 0.3) is 0 Å². The van der Waals surface area contributed by atoms with Crippen molar-refractivity contribution in [2.75, 3.05) is 25.5 Å². The van der Waals surface area contributed by atoms with Crippen molar-refractivity contribution in [2.24, 2.45) is 0 Å². The van der Waals surface area contributed by atoms with Gasteiger partial charge in [0.05, 0.1) is 5.56 Å². The van der Waals surface area contributed by atoms with E-state index in [1.165, 1.54) is 0 Å². The van der Waals surface area contributed by atoms with Crippen molar-refractivity contribution < 1.29 is 13.2 Å². The minimum atomic E-state index is -4.28. The number of hydrogen-bond acceptors (Lipinski definition) is 1. The van der Waals surface area contributed by atoms with E-state index in [9.17, 15) is 13.2 Å². The second kappa shape index (κ2) is 7.50. The third kappa shape index (κ3) is 5.51. The summed E-state index contributed by atoms with van der Waals surface area (Å²) in [7, 11) is 0. The van der Waals surface area contributed by atoms with Gasteiger partial charge in [-0.25, -0.2) is 0 Å². The maximum absolute atomic E-state index is 12.6. The van der Waals surface area contributed by atoms with Crippen molar-refractivity contribution >= 4 is 11.6 Å². The molecule has 0 aromatic heterocycles. The van der Waals surface area contributed by atoms with E-state index in [2.05, 4.69) is 25.7 Å². The molecule has 1 aromatic rings. The Bertz CT molecular complexity index is 426. The molecular formula is C16H23ClF3N. The summed E-state index contributed by atoms with van der Waals surface area (Å²) in [6, 6.07) is 5.48. The Morgan fingerprint density at radius 1 is 1.05 bits per heavy atom. The van der Waals surface area contributed by atoms with E-state index < -0.39 is 11.7 Å². The molecule has 1 rings (SSSR count). The first-order valence-corrected chi connectivity index (χ1v) is 7.70. The Hall–Kier alpha value is -0.740. The highest BCUT2D eigenvalue weighted by Crippen LogP contribution is 2.31. The van der Waals surface area contributed by atoms with Crippen LogP contribution < -0.4 is 0 Å². The molecule has 0 radical (unpaired) electrons. The lowest BCUT2D eigenvalue weighted by molar-refractivity contribution is -0.137. The highest BCUT2D eigenvalue weighted by Gasteiger charge is 2.31. The minimum Gasteiger partial charge on any atom is -0.303 e. The van der Waals surface area contributed by atoms with Crippen LogP contribution in [0.4, 0.5) is 13.2 Å². The molecule has 0 unspecified atom stereocenters. The molecule has 0 spiro atoms. The predicted octanol–water partition coefficient (Wildman–Crippen LogP) is 4.93. The van der Waals surface area contributed by atoms with Crippen LogP contribution in [0.2, 0.25) is 0 Å². The topological polar surface area (TPSA) is 3.24 Å². The first kappa shape index (κ1) is 18.3. The summed E-state index contributed by atoms with van der Waals surface area (Å²) in [5.41, 5.74) is 0.114. The first-order valence-electron chi connectivity index (χ1n) is 7.16. The van der Waals surface area contributed by atoms with Crippen molar-refractivity contribution in [3.8, 4) is 0 Å². The van der Waals surface area contributed by atoms with Crippen LogP contribution >= 0.6 is 11.6 Å².